The minimum atomic E-state index is 0.167. The van der Waals surface area contributed by atoms with Gasteiger partial charge in [-0.15, -0.1) is 6.58 Å². The smallest absolute Gasteiger partial charge is 0.167 e. The lowest BCUT2D eigenvalue weighted by Crippen LogP contribution is -2.36. The second-order valence-electron chi connectivity index (χ2n) is 3.39. The van der Waals surface area contributed by atoms with E-state index >= 15 is 0 Å². The Balaban J connectivity index is 2.58. The van der Waals surface area contributed by atoms with E-state index in [-0.39, 0.29) is 6.04 Å². The van der Waals surface area contributed by atoms with Crippen LogP contribution in [0.25, 0.3) is 0 Å². The standard InChI is InChI=1S/C12H15BrN2S/c1-3-8-14-12(16)15-9(2)10-6-4-5-7-11(10)13/h3-7,9H,1,8H2,2H3,(H2,14,15,16)/t9-/m1/s1. The molecule has 0 spiro atoms. The van der Waals surface area contributed by atoms with Crippen molar-refractivity contribution in [2.24, 2.45) is 0 Å². The summed E-state index contributed by atoms with van der Waals surface area (Å²) in [4.78, 5) is 0. The number of hydrogen-bond acceptors (Lipinski definition) is 1. The zero-order chi connectivity index (χ0) is 12.0. The fourth-order valence-electron chi connectivity index (χ4n) is 1.32. The molecular formula is C12H15BrN2S. The molecule has 0 aromatic heterocycles. The van der Waals surface area contributed by atoms with Crippen LogP contribution in [0, 0.1) is 0 Å². The van der Waals surface area contributed by atoms with Crippen LogP contribution < -0.4 is 10.6 Å². The lowest BCUT2D eigenvalue weighted by atomic mass is 10.1. The fraction of sp³-hybridized carbons (Fsp3) is 0.250. The molecule has 1 aromatic carbocycles. The number of thiocarbonyl (C=S) groups is 1. The summed E-state index contributed by atoms with van der Waals surface area (Å²) in [5.41, 5.74) is 1.19. The maximum atomic E-state index is 5.15. The molecule has 0 aliphatic rings. The molecule has 1 atom stereocenters. The monoisotopic (exact) mass is 298 g/mol. The van der Waals surface area contributed by atoms with E-state index in [0.29, 0.717) is 11.7 Å². The van der Waals surface area contributed by atoms with Gasteiger partial charge in [-0.05, 0) is 30.8 Å². The van der Waals surface area contributed by atoms with Crippen molar-refractivity contribution < 1.29 is 0 Å². The van der Waals surface area contributed by atoms with Gasteiger partial charge in [0, 0.05) is 11.0 Å². The average molecular weight is 299 g/mol. The van der Waals surface area contributed by atoms with Gasteiger partial charge in [-0.3, -0.25) is 0 Å². The van der Waals surface area contributed by atoms with Gasteiger partial charge in [0.25, 0.3) is 0 Å². The Labute approximate surface area is 110 Å². The molecule has 2 N–H and O–H groups in total. The largest absolute Gasteiger partial charge is 0.359 e. The molecule has 86 valence electrons. The summed E-state index contributed by atoms with van der Waals surface area (Å²) in [6, 6.07) is 8.26. The third-order valence-electron chi connectivity index (χ3n) is 2.13. The van der Waals surface area contributed by atoms with Gasteiger partial charge in [0.1, 0.15) is 0 Å². The minimum Gasteiger partial charge on any atom is -0.359 e. The van der Waals surface area contributed by atoms with Crippen LogP contribution >= 0.6 is 28.1 Å². The summed E-state index contributed by atoms with van der Waals surface area (Å²) in [7, 11) is 0. The molecule has 0 aliphatic carbocycles. The topological polar surface area (TPSA) is 24.1 Å². The average Bonchev–Trinajstić information content (AvgIpc) is 2.26. The first kappa shape index (κ1) is 13.2. The van der Waals surface area contributed by atoms with Gasteiger partial charge in [-0.1, -0.05) is 40.2 Å². The molecule has 0 fully saturated rings. The summed E-state index contributed by atoms with van der Waals surface area (Å²) >= 11 is 8.67. The van der Waals surface area contributed by atoms with Gasteiger partial charge in [-0.2, -0.15) is 0 Å². The molecule has 0 heterocycles. The molecule has 0 aliphatic heterocycles. The Kier molecular flexibility index (Phi) is 5.49. The zero-order valence-electron chi connectivity index (χ0n) is 9.16. The molecule has 0 amide bonds. The molecule has 0 radical (unpaired) electrons. The summed E-state index contributed by atoms with van der Waals surface area (Å²) in [5.74, 6) is 0. The van der Waals surface area contributed by atoms with Crippen LogP contribution in [0.5, 0.6) is 0 Å². The van der Waals surface area contributed by atoms with Crippen LogP contribution in [0.1, 0.15) is 18.5 Å². The van der Waals surface area contributed by atoms with E-state index in [1.165, 1.54) is 5.56 Å². The lowest BCUT2D eigenvalue weighted by molar-refractivity contribution is 0.702. The van der Waals surface area contributed by atoms with E-state index in [1.54, 1.807) is 6.08 Å². The third kappa shape index (κ3) is 3.94. The maximum absolute atomic E-state index is 5.15. The van der Waals surface area contributed by atoms with Crippen LogP contribution in [0.2, 0.25) is 0 Å². The van der Waals surface area contributed by atoms with Crippen molar-refractivity contribution in [1.29, 1.82) is 0 Å². The molecule has 0 saturated heterocycles. The highest BCUT2D eigenvalue weighted by atomic mass is 79.9. The highest BCUT2D eigenvalue weighted by Gasteiger charge is 2.08. The number of benzene rings is 1. The molecule has 0 unspecified atom stereocenters. The number of halogens is 1. The maximum Gasteiger partial charge on any atom is 0.167 e. The Morgan fingerprint density at radius 1 is 1.56 bits per heavy atom. The quantitative estimate of drug-likeness (QED) is 0.659. The Morgan fingerprint density at radius 3 is 2.88 bits per heavy atom. The highest BCUT2D eigenvalue weighted by molar-refractivity contribution is 9.10. The van der Waals surface area contributed by atoms with Crippen molar-refractivity contribution in [3.05, 3.63) is 47.0 Å². The van der Waals surface area contributed by atoms with E-state index in [2.05, 4.69) is 46.1 Å². The molecular weight excluding hydrogens is 284 g/mol. The Morgan fingerprint density at radius 2 is 2.25 bits per heavy atom. The predicted octanol–water partition coefficient (Wildman–Crippen LogP) is 3.16. The first-order chi connectivity index (χ1) is 7.65. The van der Waals surface area contributed by atoms with Crippen molar-refractivity contribution in [2.45, 2.75) is 13.0 Å². The summed E-state index contributed by atoms with van der Waals surface area (Å²) in [5, 5.41) is 6.90. The van der Waals surface area contributed by atoms with E-state index < -0.39 is 0 Å². The molecule has 16 heavy (non-hydrogen) atoms. The third-order valence-corrected chi connectivity index (χ3v) is 3.11. The lowest BCUT2D eigenvalue weighted by Gasteiger charge is -2.17. The summed E-state index contributed by atoms with van der Waals surface area (Å²) in [6.45, 7) is 6.37. The van der Waals surface area contributed by atoms with Crippen molar-refractivity contribution in [2.75, 3.05) is 6.54 Å². The van der Waals surface area contributed by atoms with Gasteiger partial charge in [-0.25, -0.2) is 0 Å². The Hall–Kier alpha value is -0.870. The van der Waals surface area contributed by atoms with Gasteiger partial charge in [0.2, 0.25) is 0 Å². The van der Waals surface area contributed by atoms with Crippen molar-refractivity contribution in [1.82, 2.24) is 10.6 Å². The van der Waals surface area contributed by atoms with Crippen LogP contribution in [0.3, 0.4) is 0 Å². The van der Waals surface area contributed by atoms with E-state index in [4.69, 9.17) is 12.2 Å². The minimum absolute atomic E-state index is 0.167. The number of hydrogen-bond donors (Lipinski definition) is 2. The van der Waals surface area contributed by atoms with Crippen molar-refractivity contribution >= 4 is 33.3 Å². The predicted molar refractivity (Wildman–Crippen MR) is 76.5 cm³/mol. The summed E-state index contributed by atoms with van der Waals surface area (Å²) in [6.07, 6.45) is 1.77. The van der Waals surface area contributed by atoms with Crippen LogP contribution in [0.4, 0.5) is 0 Å². The van der Waals surface area contributed by atoms with E-state index in [1.807, 2.05) is 18.2 Å². The summed E-state index contributed by atoms with van der Waals surface area (Å²) < 4.78 is 1.08. The highest BCUT2D eigenvalue weighted by Crippen LogP contribution is 2.22. The molecule has 4 heteroatoms. The fourth-order valence-corrected chi connectivity index (χ4v) is 2.20. The van der Waals surface area contributed by atoms with Crippen molar-refractivity contribution in [3.8, 4) is 0 Å². The molecule has 2 nitrogen and oxygen atoms in total. The number of rotatable bonds is 4. The van der Waals surface area contributed by atoms with E-state index in [9.17, 15) is 0 Å². The van der Waals surface area contributed by atoms with E-state index in [0.717, 1.165) is 4.47 Å². The SMILES string of the molecule is C=CCNC(=S)N[C@H](C)c1ccccc1Br. The van der Waals surface area contributed by atoms with Crippen LogP contribution in [-0.4, -0.2) is 11.7 Å². The van der Waals surface area contributed by atoms with Crippen LogP contribution in [-0.2, 0) is 0 Å². The molecule has 0 bridgehead atoms. The van der Waals surface area contributed by atoms with Gasteiger partial charge < -0.3 is 10.6 Å². The van der Waals surface area contributed by atoms with Crippen LogP contribution in [0.15, 0.2) is 41.4 Å². The first-order valence-electron chi connectivity index (χ1n) is 5.05. The molecule has 1 aromatic rings. The second-order valence-corrected chi connectivity index (χ2v) is 4.65. The molecule has 1 rings (SSSR count). The van der Waals surface area contributed by atoms with Crippen molar-refractivity contribution in [3.63, 3.8) is 0 Å². The van der Waals surface area contributed by atoms with Gasteiger partial charge in [0.05, 0.1) is 6.04 Å². The second kappa shape index (κ2) is 6.66. The van der Waals surface area contributed by atoms with Gasteiger partial charge in [0.15, 0.2) is 5.11 Å². The first-order valence-corrected chi connectivity index (χ1v) is 6.25. The van der Waals surface area contributed by atoms with Gasteiger partial charge >= 0.3 is 0 Å². The Bertz CT molecular complexity index is 379. The zero-order valence-corrected chi connectivity index (χ0v) is 11.6. The number of nitrogens with one attached hydrogen (secondary N) is 2. The molecule has 0 saturated carbocycles. The normalized spacial score (nSPS) is 11.6.